The van der Waals surface area contributed by atoms with Crippen LogP contribution in [0.4, 0.5) is 13.2 Å². The molecule has 0 bridgehead atoms. The Hall–Kier alpha value is -0.550. The van der Waals surface area contributed by atoms with Gasteiger partial charge < -0.3 is 10.6 Å². The summed E-state index contributed by atoms with van der Waals surface area (Å²) in [5.41, 5.74) is 0. The molecule has 0 rings (SSSR count). The van der Waals surface area contributed by atoms with Crippen LogP contribution in [0, 0.1) is 0 Å². The van der Waals surface area contributed by atoms with Crippen LogP contribution in [0.2, 0.25) is 0 Å². The van der Waals surface area contributed by atoms with Crippen LogP contribution in [0.3, 0.4) is 0 Å². The predicted molar refractivity (Wildman–Crippen MR) is 51.2 cm³/mol. The fourth-order valence-electron chi connectivity index (χ4n) is 1.03. The third-order valence-corrected chi connectivity index (χ3v) is 1.62. The second-order valence-electron chi connectivity index (χ2n) is 3.17. The van der Waals surface area contributed by atoms with Crippen LogP contribution in [0.25, 0.3) is 0 Å². The van der Waals surface area contributed by atoms with Gasteiger partial charge in [0.05, 0.1) is 6.42 Å². The Morgan fingerprint density at radius 2 is 2.00 bits per heavy atom. The lowest BCUT2D eigenvalue weighted by Gasteiger charge is -2.15. The van der Waals surface area contributed by atoms with Crippen LogP contribution in [0.5, 0.6) is 0 Å². The molecular formula is C9H17F3N2. The molecule has 0 aliphatic heterocycles. The molecule has 84 valence electrons. The zero-order valence-corrected chi connectivity index (χ0v) is 8.32. The van der Waals surface area contributed by atoms with Crippen molar-refractivity contribution in [2.45, 2.75) is 25.6 Å². The first kappa shape index (κ1) is 13.4. The average molecular weight is 210 g/mol. The summed E-state index contributed by atoms with van der Waals surface area (Å²) in [5.74, 6) is 0. The van der Waals surface area contributed by atoms with Gasteiger partial charge in [-0.3, -0.25) is 0 Å². The van der Waals surface area contributed by atoms with Crippen LogP contribution in [0.1, 0.15) is 13.3 Å². The van der Waals surface area contributed by atoms with Crippen molar-refractivity contribution in [3.8, 4) is 0 Å². The molecule has 1 unspecified atom stereocenters. The molecule has 0 radical (unpaired) electrons. The molecule has 14 heavy (non-hydrogen) atoms. The Balaban J connectivity index is 3.35. The fraction of sp³-hybridized carbons (Fsp3) is 0.778. The van der Waals surface area contributed by atoms with Crippen molar-refractivity contribution >= 4 is 0 Å². The second-order valence-corrected chi connectivity index (χ2v) is 3.17. The largest absolute Gasteiger partial charge is 0.390 e. The highest BCUT2D eigenvalue weighted by atomic mass is 19.4. The highest BCUT2D eigenvalue weighted by Crippen LogP contribution is 2.20. The van der Waals surface area contributed by atoms with Crippen molar-refractivity contribution in [1.29, 1.82) is 0 Å². The normalized spacial score (nSPS) is 14.0. The van der Waals surface area contributed by atoms with E-state index in [1.807, 2.05) is 0 Å². The van der Waals surface area contributed by atoms with E-state index in [4.69, 9.17) is 0 Å². The molecule has 0 saturated carbocycles. The van der Waals surface area contributed by atoms with E-state index in [0.29, 0.717) is 19.6 Å². The van der Waals surface area contributed by atoms with Crippen LogP contribution in [-0.2, 0) is 0 Å². The van der Waals surface area contributed by atoms with Crippen molar-refractivity contribution in [2.24, 2.45) is 0 Å². The van der Waals surface area contributed by atoms with Gasteiger partial charge in [0.1, 0.15) is 0 Å². The van der Waals surface area contributed by atoms with E-state index in [-0.39, 0.29) is 0 Å². The topological polar surface area (TPSA) is 24.1 Å². The minimum Gasteiger partial charge on any atom is -0.313 e. The molecule has 0 saturated heterocycles. The van der Waals surface area contributed by atoms with Gasteiger partial charge in [-0.2, -0.15) is 13.2 Å². The first-order valence-corrected chi connectivity index (χ1v) is 4.57. The molecule has 0 heterocycles. The van der Waals surface area contributed by atoms with E-state index in [9.17, 15) is 13.2 Å². The van der Waals surface area contributed by atoms with E-state index in [0.717, 1.165) is 0 Å². The van der Waals surface area contributed by atoms with E-state index >= 15 is 0 Å². The summed E-state index contributed by atoms with van der Waals surface area (Å²) >= 11 is 0. The number of hydrogen-bond donors (Lipinski definition) is 2. The molecule has 0 aliphatic carbocycles. The summed E-state index contributed by atoms with van der Waals surface area (Å²) < 4.78 is 35.6. The van der Waals surface area contributed by atoms with E-state index in [1.165, 1.54) is 6.92 Å². The zero-order chi connectivity index (χ0) is 11.0. The molecule has 0 aliphatic rings. The van der Waals surface area contributed by atoms with Crippen LogP contribution < -0.4 is 10.6 Å². The Labute approximate surface area is 82.6 Å². The monoisotopic (exact) mass is 210 g/mol. The van der Waals surface area contributed by atoms with Crippen LogP contribution in [-0.4, -0.2) is 31.9 Å². The third kappa shape index (κ3) is 9.54. The molecule has 0 amide bonds. The van der Waals surface area contributed by atoms with Gasteiger partial charge in [0.25, 0.3) is 0 Å². The van der Waals surface area contributed by atoms with Crippen molar-refractivity contribution in [1.82, 2.24) is 10.6 Å². The summed E-state index contributed by atoms with van der Waals surface area (Å²) in [6.45, 7) is 6.89. The number of alkyl halides is 3. The average Bonchev–Trinajstić information content (AvgIpc) is 2.00. The van der Waals surface area contributed by atoms with Crippen LogP contribution in [0.15, 0.2) is 12.7 Å². The minimum atomic E-state index is -4.08. The smallest absolute Gasteiger partial charge is 0.313 e. The van der Waals surface area contributed by atoms with Gasteiger partial charge in [-0.15, -0.1) is 6.58 Å². The highest BCUT2D eigenvalue weighted by Gasteiger charge is 2.29. The maximum Gasteiger partial charge on any atom is 0.390 e. The van der Waals surface area contributed by atoms with Gasteiger partial charge in [-0.05, 0) is 6.92 Å². The van der Waals surface area contributed by atoms with Gasteiger partial charge in [0.2, 0.25) is 0 Å². The van der Waals surface area contributed by atoms with Gasteiger partial charge in [0, 0.05) is 25.7 Å². The molecular weight excluding hydrogens is 193 g/mol. The summed E-state index contributed by atoms with van der Waals surface area (Å²) in [7, 11) is 0. The van der Waals surface area contributed by atoms with E-state index in [2.05, 4.69) is 17.2 Å². The van der Waals surface area contributed by atoms with E-state index < -0.39 is 18.6 Å². The Bertz CT molecular complexity index is 157. The summed E-state index contributed by atoms with van der Waals surface area (Å²) in [5, 5.41) is 5.77. The molecule has 0 spiro atoms. The Kier molecular flexibility index (Phi) is 6.57. The Morgan fingerprint density at radius 1 is 1.36 bits per heavy atom. The Morgan fingerprint density at radius 3 is 2.50 bits per heavy atom. The fourth-order valence-corrected chi connectivity index (χ4v) is 1.03. The summed E-state index contributed by atoms with van der Waals surface area (Å²) in [6.07, 6.45) is -3.16. The molecule has 2 N–H and O–H groups in total. The van der Waals surface area contributed by atoms with Crippen molar-refractivity contribution in [3.63, 3.8) is 0 Å². The van der Waals surface area contributed by atoms with Gasteiger partial charge in [-0.25, -0.2) is 0 Å². The minimum absolute atomic E-state index is 0.527. The number of halogens is 3. The SMILES string of the molecule is C=CCNCCNC(C)CC(F)(F)F. The van der Waals surface area contributed by atoms with Crippen molar-refractivity contribution < 1.29 is 13.2 Å². The number of hydrogen-bond acceptors (Lipinski definition) is 2. The maximum atomic E-state index is 11.9. The van der Waals surface area contributed by atoms with Crippen LogP contribution >= 0.6 is 0 Å². The lowest BCUT2D eigenvalue weighted by Crippen LogP contribution is -2.36. The zero-order valence-electron chi connectivity index (χ0n) is 8.32. The second kappa shape index (κ2) is 6.84. The number of rotatable bonds is 7. The summed E-state index contributed by atoms with van der Waals surface area (Å²) in [6, 6.07) is -0.527. The molecule has 0 aromatic carbocycles. The van der Waals surface area contributed by atoms with Gasteiger partial charge in [-0.1, -0.05) is 6.08 Å². The maximum absolute atomic E-state index is 11.9. The third-order valence-electron chi connectivity index (χ3n) is 1.62. The first-order valence-electron chi connectivity index (χ1n) is 4.57. The predicted octanol–water partition coefficient (Wildman–Crippen LogP) is 1.69. The molecule has 5 heteroatoms. The lowest BCUT2D eigenvalue weighted by molar-refractivity contribution is -0.138. The van der Waals surface area contributed by atoms with E-state index in [1.54, 1.807) is 6.08 Å². The molecule has 2 nitrogen and oxygen atoms in total. The molecule has 1 atom stereocenters. The van der Waals surface area contributed by atoms with Crippen molar-refractivity contribution in [2.75, 3.05) is 19.6 Å². The highest BCUT2D eigenvalue weighted by molar-refractivity contribution is 4.71. The summed E-state index contributed by atoms with van der Waals surface area (Å²) in [4.78, 5) is 0. The van der Waals surface area contributed by atoms with Gasteiger partial charge in [0.15, 0.2) is 0 Å². The number of nitrogens with one attached hydrogen (secondary N) is 2. The lowest BCUT2D eigenvalue weighted by atomic mass is 10.2. The standard InChI is InChI=1S/C9H17F3N2/c1-3-4-13-5-6-14-8(2)7-9(10,11)12/h3,8,13-14H,1,4-7H2,2H3. The van der Waals surface area contributed by atoms with Gasteiger partial charge >= 0.3 is 6.18 Å². The first-order chi connectivity index (χ1) is 6.45. The quantitative estimate of drug-likeness (QED) is 0.493. The van der Waals surface area contributed by atoms with Crippen molar-refractivity contribution in [3.05, 3.63) is 12.7 Å². The molecule has 0 fully saturated rings. The molecule has 0 aromatic heterocycles. The molecule has 0 aromatic rings.